The van der Waals surface area contributed by atoms with Gasteiger partial charge in [-0.15, -0.1) is 0 Å². The molecule has 0 aliphatic heterocycles. The number of hydrogen-bond acceptors (Lipinski definition) is 8. The maximum atomic E-state index is 10.8. The van der Waals surface area contributed by atoms with Gasteiger partial charge in [0.05, 0.1) is 26.9 Å². The van der Waals surface area contributed by atoms with Crippen molar-refractivity contribution in [1.82, 2.24) is 5.32 Å². The Labute approximate surface area is 220 Å². The second-order valence-corrected chi connectivity index (χ2v) is 8.62. The van der Waals surface area contributed by atoms with Crippen LogP contribution in [0.25, 0.3) is 0 Å². The monoisotopic (exact) mass is 527 g/mol. The molecule has 38 heavy (non-hydrogen) atoms. The van der Waals surface area contributed by atoms with Crippen molar-refractivity contribution in [3.8, 4) is 11.5 Å². The number of aliphatic hydroxyl groups excluding tert-OH is 4. The Bertz CT molecular complexity index is 1090. The molecular weight excluding hydrogens is 494 g/mol. The van der Waals surface area contributed by atoms with E-state index in [4.69, 9.17) is 19.3 Å². The molecule has 3 aromatic rings. The second kappa shape index (κ2) is 13.2. The van der Waals surface area contributed by atoms with Gasteiger partial charge in [0, 0.05) is 6.54 Å². The zero-order chi connectivity index (χ0) is 27.7. The van der Waals surface area contributed by atoms with Crippen molar-refractivity contribution in [2.24, 2.45) is 0 Å². The van der Waals surface area contributed by atoms with E-state index in [0.29, 0.717) is 22.6 Å². The minimum Gasteiger partial charge on any atom is -0.497 e. The third-order valence-corrected chi connectivity index (χ3v) is 6.24. The van der Waals surface area contributed by atoms with Crippen molar-refractivity contribution in [2.75, 3.05) is 27.4 Å². The summed E-state index contributed by atoms with van der Waals surface area (Å²) in [6.07, 6.45) is -8.36. The average Bonchev–Trinajstić information content (AvgIpc) is 2.96. The molecule has 0 aromatic heterocycles. The average molecular weight is 528 g/mol. The molecule has 0 fully saturated rings. The highest BCUT2D eigenvalue weighted by Crippen LogP contribution is 2.41. The van der Waals surface area contributed by atoms with Crippen LogP contribution in [-0.4, -0.2) is 83.4 Å². The number of nitrogens with one attached hydrogen (secondary N) is 1. The Hall–Kier alpha value is -3.67. The minimum absolute atomic E-state index is 0.454. The topological polar surface area (TPSA) is 158 Å². The lowest BCUT2D eigenvalue weighted by Crippen LogP contribution is -2.50. The zero-order valence-corrected chi connectivity index (χ0v) is 21.1. The number of hydrogen-bond donors (Lipinski definition) is 6. The van der Waals surface area contributed by atoms with Crippen LogP contribution < -0.4 is 14.8 Å². The second-order valence-electron chi connectivity index (χ2n) is 8.62. The smallest absolute Gasteiger partial charge is 0.404 e. The van der Waals surface area contributed by atoms with E-state index in [0.717, 1.165) is 5.56 Å². The van der Waals surface area contributed by atoms with E-state index in [1.165, 1.54) is 0 Å². The summed E-state index contributed by atoms with van der Waals surface area (Å²) in [5.41, 5.74) is 0.850. The SMILES string of the molecule is COc1ccc(C(OCC(O)C(O)C(O)C(O)CNC(=O)O)(c2ccccc2)c2ccc(OC)cc2)cc1. The number of carbonyl (C=O) groups is 1. The number of carboxylic acid groups (broad SMARTS) is 1. The molecule has 6 N–H and O–H groups in total. The number of methoxy groups -OCH3 is 2. The molecule has 4 atom stereocenters. The molecule has 4 unspecified atom stereocenters. The van der Waals surface area contributed by atoms with Crippen LogP contribution in [-0.2, 0) is 10.3 Å². The van der Waals surface area contributed by atoms with E-state index in [1.807, 2.05) is 59.9 Å². The van der Waals surface area contributed by atoms with Crippen LogP contribution in [0.2, 0.25) is 0 Å². The predicted molar refractivity (Wildman–Crippen MR) is 138 cm³/mol. The molecular formula is C28H33NO9. The van der Waals surface area contributed by atoms with Crippen LogP contribution in [0.15, 0.2) is 78.9 Å². The van der Waals surface area contributed by atoms with Gasteiger partial charge in [-0.2, -0.15) is 0 Å². The van der Waals surface area contributed by atoms with Gasteiger partial charge in [0.25, 0.3) is 0 Å². The summed E-state index contributed by atoms with van der Waals surface area (Å²) < 4.78 is 17.1. The van der Waals surface area contributed by atoms with Gasteiger partial charge >= 0.3 is 6.09 Å². The Morgan fingerprint density at radius 1 is 0.737 bits per heavy atom. The summed E-state index contributed by atoms with van der Waals surface area (Å²) in [6.45, 7) is -0.989. The van der Waals surface area contributed by atoms with Crippen molar-refractivity contribution < 1.29 is 44.5 Å². The molecule has 10 heteroatoms. The molecule has 204 valence electrons. The minimum atomic E-state index is -1.84. The number of aliphatic hydroxyl groups is 4. The van der Waals surface area contributed by atoms with E-state index < -0.39 is 49.3 Å². The van der Waals surface area contributed by atoms with Crippen LogP contribution in [0.1, 0.15) is 16.7 Å². The molecule has 0 radical (unpaired) electrons. The summed E-state index contributed by atoms with van der Waals surface area (Å²) in [7, 11) is 3.12. The summed E-state index contributed by atoms with van der Waals surface area (Å²) in [5.74, 6) is 1.26. The molecule has 1 amide bonds. The molecule has 0 heterocycles. The molecule has 0 saturated heterocycles. The number of amides is 1. The fraction of sp³-hybridized carbons (Fsp3) is 0.321. The van der Waals surface area contributed by atoms with E-state index in [9.17, 15) is 25.2 Å². The third kappa shape index (κ3) is 6.60. The van der Waals surface area contributed by atoms with E-state index in [1.54, 1.807) is 38.5 Å². The van der Waals surface area contributed by atoms with Crippen LogP contribution in [0.5, 0.6) is 11.5 Å². The van der Waals surface area contributed by atoms with Crippen molar-refractivity contribution >= 4 is 6.09 Å². The normalized spacial score (nSPS) is 14.7. The number of ether oxygens (including phenoxy) is 3. The summed E-state index contributed by atoms with van der Waals surface area (Å²) in [6, 6.07) is 23.7. The summed E-state index contributed by atoms with van der Waals surface area (Å²) in [5, 5.41) is 52.2. The van der Waals surface area contributed by atoms with Crippen molar-refractivity contribution in [3.63, 3.8) is 0 Å². The standard InChI is InChI=1S/C28H33NO9/c1-36-21-12-8-19(9-13-21)28(18-6-4-3-5-7-18,20-10-14-22(37-2)15-11-20)38-17-24(31)26(33)25(32)23(30)16-29-27(34)35/h3-15,23-26,29-33H,16-17H2,1-2H3,(H,34,35). The summed E-state index contributed by atoms with van der Waals surface area (Å²) in [4.78, 5) is 10.7. The molecule has 0 aliphatic carbocycles. The highest BCUT2D eigenvalue weighted by Gasteiger charge is 2.40. The van der Waals surface area contributed by atoms with Crippen molar-refractivity contribution in [1.29, 1.82) is 0 Å². The van der Waals surface area contributed by atoms with Gasteiger partial charge in [0.2, 0.25) is 0 Å². The first kappa shape index (κ1) is 28.9. The first-order chi connectivity index (χ1) is 18.2. The van der Waals surface area contributed by atoms with Crippen LogP contribution in [0, 0.1) is 0 Å². The van der Waals surface area contributed by atoms with Gasteiger partial charge < -0.3 is 45.1 Å². The summed E-state index contributed by atoms with van der Waals surface area (Å²) >= 11 is 0. The fourth-order valence-electron chi connectivity index (χ4n) is 4.15. The highest BCUT2D eigenvalue weighted by molar-refractivity contribution is 5.64. The number of benzene rings is 3. The van der Waals surface area contributed by atoms with E-state index in [2.05, 4.69) is 0 Å². The first-order valence-electron chi connectivity index (χ1n) is 11.9. The van der Waals surface area contributed by atoms with Crippen molar-refractivity contribution in [2.45, 2.75) is 30.0 Å². The maximum absolute atomic E-state index is 10.8. The maximum Gasteiger partial charge on any atom is 0.404 e. The van der Waals surface area contributed by atoms with Gasteiger partial charge in [-0.05, 0) is 41.0 Å². The molecule has 0 bridgehead atoms. The van der Waals surface area contributed by atoms with Gasteiger partial charge in [-0.25, -0.2) is 4.79 Å². The lowest BCUT2D eigenvalue weighted by molar-refractivity contribution is -0.133. The van der Waals surface area contributed by atoms with Crippen LogP contribution >= 0.6 is 0 Å². The van der Waals surface area contributed by atoms with Crippen molar-refractivity contribution in [3.05, 3.63) is 95.6 Å². The molecule has 3 rings (SSSR count). The Balaban J connectivity index is 2.00. The quantitative estimate of drug-likeness (QED) is 0.182. The molecule has 0 aliphatic rings. The van der Waals surface area contributed by atoms with Gasteiger partial charge in [-0.1, -0.05) is 54.6 Å². The fourth-order valence-corrected chi connectivity index (χ4v) is 4.15. The lowest BCUT2D eigenvalue weighted by Gasteiger charge is -2.37. The molecule has 10 nitrogen and oxygen atoms in total. The van der Waals surface area contributed by atoms with Gasteiger partial charge in [0.1, 0.15) is 35.4 Å². The predicted octanol–water partition coefficient (Wildman–Crippen LogP) is 1.72. The molecule has 0 saturated carbocycles. The largest absolute Gasteiger partial charge is 0.497 e. The molecule has 0 spiro atoms. The molecule has 3 aromatic carbocycles. The lowest BCUT2D eigenvalue weighted by atomic mass is 9.80. The Morgan fingerprint density at radius 2 is 1.18 bits per heavy atom. The number of rotatable bonds is 13. The van der Waals surface area contributed by atoms with E-state index >= 15 is 0 Å². The third-order valence-electron chi connectivity index (χ3n) is 6.24. The Kier molecular flexibility index (Phi) is 10.1. The zero-order valence-electron chi connectivity index (χ0n) is 21.1. The Morgan fingerprint density at radius 3 is 1.63 bits per heavy atom. The van der Waals surface area contributed by atoms with Crippen LogP contribution in [0.3, 0.4) is 0 Å². The first-order valence-corrected chi connectivity index (χ1v) is 11.9. The van der Waals surface area contributed by atoms with Crippen LogP contribution in [0.4, 0.5) is 4.79 Å². The highest BCUT2D eigenvalue weighted by atomic mass is 16.5. The van der Waals surface area contributed by atoms with Gasteiger partial charge in [-0.3, -0.25) is 0 Å². The van der Waals surface area contributed by atoms with Gasteiger partial charge in [0.15, 0.2) is 0 Å². The van der Waals surface area contributed by atoms with E-state index in [-0.39, 0.29) is 0 Å².